The van der Waals surface area contributed by atoms with Crippen molar-refractivity contribution in [3.8, 4) is 0 Å². The van der Waals surface area contributed by atoms with Gasteiger partial charge in [0.05, 0.1) is 12.8 Å². The second kappa shape index (κ2) is 7.22. The van der Waals surface area contributed by atoms with Crippen LogP contribution in [0.5, 0.6) is 0 Å². The van der Waals surface area contributed by atoms with Crippen LogP contribution >= 0.6 is 0 Å². The van der Waals surface area contributed by atoms with E-state index in [1.54, 1.807) is 12.5 Å². The first-order chi connectivity index (χ1) is 9.65. The summed E-state index contributed by atoms with van der Waals surface area (Å²) in [7, 11) is 2.11. The van der Waals surface area contributed by atoms with Crippen LogP contribution in [-0.2, 0) is 19.6 Å². The normalized spacial score (nSPS) is 11.4. The molecular weight excluding hydrogens is 250 g/mol. The molecule has 1 N–H and O–H groups in total. The second-order valence-corrected chi connectivity index (χ2v) is 5.44. The number of nitrogens with zero attached hydrogens (tertiary/aromatic N) is 2. The van der Waals surface area contributed by atoms with Crippen LogP contribution in [0, 0.1) is 0 Å². The lowest BCUT2D eigenvalue weighted by Crippen LogP contribution is -2.23. The number of nitrogens with one attached hydrogen (secondary N) is 1. The molecule has 2 heterocycles. The average Bonchev–Trinajstić information content (AvgIpc) is 2.84. The van der Waals surface area contributed by atoms with Crippen LogP contribution in [0.4, 0.5) is 0 Å². The van der Waals surface area contributed by atoms with Gasteiger partial charge in [0.2, 0.25) is 0 Å². The molecule has 0 saturated heterocycles. The van der Waals surface area contributed by atoms with Crippen LogP contribution in [0.15, 0.2) is 41.3 Å². The van der Waals surface area contributed by atoms with E-state index in [4.69, 9.17) is 4.42 Å². The van der Waals surface area contributed by atoms with E-state index in [1.807, 2.05) is 12.3 Å². The smallest absolute Gasteiger partial charge is 0.122 e. The number of rotatable bonds is 7. The highest BCUT2D eigenvalue weighted by atomic mass is 16.3. The summed E-state index contributed by atoms with van der Waals surface area (Å²) < 4.78 is 5.56. The van der Waals surface area contributed by atoms with E-state index < -0.39 is 0 Å². The van der Waals surface area contributed by atoms with Crippen LogP contribution < -0.4 is 5.32 Å². The molecule has 0 spiro atoms. The maximum atomic E-state index is 5.56. The molecule has 0 radical (unpaired) electrons. The van der Waals surface area contributed by atoms with Crippen LogP contribution in [0.25, 0.3) is 0 Å². The molecule has 2 aromatic heterocycles. The molecule has 0 aliphatic carbocycles. The first-order valence-electron chi connectivity index (χ1n) is 7.01. The molecule has 2 rings (SSSR count). The van der Waals surface area contributed by atoms with Crippen LogP contribution in [0.3, 0.4) is 0 Å². The van der Waals surface area contributed by atoms with Crippen LogP contribution in [-0.4, -0.2) is 23.0 Å². The van der Waals surface area contributed by atoms with E-state index in [-0.39, 0.29) is 0 Å². The maximum absolute atomic E-state index is 5.56. The molecule has 108 valence electrons. The summed E-state index contributed by atoms with van der Waals surface area (Å²) in [5, 5.41) is 3.39. The number of aromatic nitrogens is 1. The van der Waals surface area contributed by atoms with E-state index >= 15 is 0 Å². The molecule has 0 saturated carbocycles. The molecular formula is C16H23N3O. The topological polar surface area (TPSA) is 41.3 Å². The summed E-state index contributed by atoms with van der Waals surface area (Å²) in [5.74, 6) is 1.02. The zero-order valence-corrected chi connectivity index (χ0v) is 12.5. The maximum Gasteiger partial charge on any atom is 0.122 e. The Labute approximate surface area is 120 Å². The zero-order valence-electron chi connectivity index (χ0n) is 12.5. The average molecular weight is 273 g/mol. The Hall–Kier alpha value is -1.65. The molecule has 0 atom stereocenters. The van der Waals surface area contributed by atoms with Gasteiger partial charge in [-0.1, -0.05) is 19.9 Å². The highest BCUT2D eigenvalue weighted by Crippen LogP contribution is 2.14. The van der Waals surface area contributed by atoms with Gasteiger partial charge in [0.15, 0.2) is 0 Å². The molecule has 0 aromatic carbocycles. The Morgan fingerprint density at radius 2 is 2.15 bits per heavy atom. The minimum atomic E-state index is 0.459. The van der Waals surface area contributed by atoms with E-state index in [2.05, 4.69) is 48.2 Å². The highest BCUT2D eigenvalue weighted by Gasteiger charge is 2.09. The standard InChI is InChI=1S/C16H23N3O/c1-13(2)18-10-16-15(6-8-20-16)12-19(3)11-14-5-4-7-17-9-14/h4-9,13,18H,10-12H2,1-3H3. The summed E-state index contributed by atoms with van der Waals surface area (Å²) >= 11 is 0. The Balaban J connectivity index is 1.91. The lowest BCUT2D eigenvalue weighted by atomic mass is 10.2. The predicted octanol–water partition coefficient (Wildman–Crippen LogP) is 2.80. The summed E-state index contributed by atoms with van der Waals surface area (Å²) in [5.41, 5.74) is 2.46. The van der Waals surface area contributed by atoms with Gasteiger partial charge in [-0.3, -0.25) is 9.88 Å². The van der Waals surface area contributed by atoms with E-state index in [9.17, 15) is 0 Å². The van der Waals surface area contributed by atoms with Gasteiger partial charge in [-0.05, 0) is 24.7 Å². The SMILES string of the molecule is CC(C)NCc1occc1CN(C)Cc1cccnc1. The molecule has 0 aliphatic heterocycles. The predicted molar refractivity (Wildman–Crippen MR) is 80.1 cm³/mol. The number of pyridine rings is 1. The van der Waals surface area contributed by atoms with E-state index in [0.29, 0.717) is 6.04 Å². The molecule has 0 bridgehead atoms. The molecule has 4 nitrogen and oxygen atoms in total. The quantitative estimate of drug-likeness (QED) is 0.842. The first-order valence-corrected chi connectivity index (χ1v) is 7.01. The summed E-state index contributed by atoms with van der Waals surface area (Å²) in [6.45, 7) is 6.81. The number of hydrogen-bond acceptors (Lipinski definition) is 4. The zero-order chi connectivity index (χ0) is 14.4. The second-order valence-electron chi connectivity index (χ2n) is 5.44. The molecule has 20 heavy (non-hydrogen) atoms. The van der Waals surface area contributed by atoms with Crippen LogP contribution in [0.2, 0.25) is 0 Å². The van der Waals surface area contributed by atoms with Crippen molar-refractivity contribution in [1.82, 2.24) is 15.2 Å². The van der Waals surface area contributed by atoms with Crippen molar-refractivity contribution >= 4 is 0 Å². The Morgan fingerprint density at radius 1 is 1.30 bits per heavy atom. The van der Waals surface area contributed by atoms with Crippen molar-refractivity contribution in [1.29, 1.82) is 0 Å². The molecule has 0 amide bonds. The molecule has 2 aromatic rings. The fourth-order valence-corrected chi connectivity index (χ4v) is 2.11. The summed E-state index contributed by atoms with van der Waals surface area (Å²) in [4.78, 5) is 6.41. The number of hydrogen-bond donors (Lipinski definition) is 1. The molecule has 0 unspecified atom stereocenters. The van der Waals surface area contributed by atoms with Gasteiger partial charge in [0.1, 0.15) is 5.76 Å². The fourth-order valence-electron chi connectivity index (χ4n) is 2.11. The third kappa shape index (κ3) is 4.47. The lowest BCUT2D eigenvalue weighted by molar-refractivity contribution is 0.314. The van der Waals surface area contributed by atoms with Crippen molar-refractivity contribution in [3.05, 3.63) is 53.7 Å². The van der Waals surface area contributed by atoms with Crippen molar-refractivity contribution in [2.75, 3.05) is 7.05 Å². The first kappa shape index (κ1) is 14.8. The van der Waals surface area contributed by atoms with Gasteiger partial charge in [-0.15, -0.1) is 0 Å². The van der Waals surface area contributed by atoms with Crippen molar-refractivity contribution in [2.24, 2.45) is 0 Å². The monoisotopic (exact) mass is 273 g/mol. The van der Waals surface area contributed by atoms with Crippen molar-refractivity contribution < 1.29 is 4.42 Å². The molecule has 0 aliphatic rings. The van der Waals surface area contributed by atoms with Crippen molar-refractivity contribution in [3.63, 3.8) is 0 Å². The Bertz CT molecular complexity index is 507. The fraction of sp³-hybridized carbons (Fsp3) is 0.438. The highest BCUT2D eigenvalue weighted by molar-refractivity contribution is 5.17. The van der Waals surface area contributed by atoms with E-state index in [1.165, 1.54) is 11.1 Å². The Morgan fingerprint density at radius 3 is 2.85 bits per heavy atom. The van der Waals surface area contributed by atoms with Gasteiger partial charge in [0, 0.05) is 37.1 Å². The summed E-state index contributed by atoms with van der Waals surface area (Å²) in [6.07, 6.45) is 5.48. The van der Waals surface area contributed by atoms with Crippen LogP contribution in [0.1, 0.15) is 30.7 Å². The van der Waals surface area contributed by atoms with Gasteiger partial charge in [-0.25, -0.2) is 0 Å². The lowest BCUT2D eigenvalue weighted by Gasteiger charge is -2.16. The van der Waals surface area contributed by atoms with Gasteiger partial charge in [0.25, 0.3) is 0 Å². The number of furan rings is 1. The Kier molecular flexibility index (Phi) is 5.32. The molecule has 4 heteroatoms. The third-order valence-electron chi connectivity index (χ3n) is 3.12. The van der Waals surface area contributed by atoms with Gasteiger partial charge in [-0.2, -0.15) is 0 Å². The van der Waals surface area contributed by atoms with E-state index in [0.717, 1.165) is 25.4 Å². The minimum Gasteiger partial charge on any atom is -0.468 e. The molecule has 0 fully saturated rings. The van der Waals surface area contributed by atoms with Gasteiger partial charge < -0.3 is 9.73 Å². The largest absolute Gasteiger partial charge is 0.468 e. The van der Waals surface area contributed by atoms with Crippen molar-refractivity contribution in [2.45, 2.75) is 39.5 Å². The third-order valence-corrected chi connectivity index (χ3v) is 3.12. The van der Waals surface area contributed by atoms with Gasteiger partial charge >= 0.3 is 0 Å². The minimum absolute atomic E-state index is 0.459. The summed E-state index contributed by atoms with van der Waals surface area (Å²) in [6, 6.07) is 6.58.